The van der Waals surface area contributed by atoms with E-state index in [1.807, 2.05) is 6.08 Å². The van der Waals surface area contributed by atoms with Crippen molar-refractivity contribution in [1.29, 1.82) is 0 Å². The summed E-state index contributed by atoms with van der Waals surface area (Å²) in [6.45, 7) is 3.65. The third kappa shape index (κ3) is 7.35. The summed E-state index contributed by atoms with van der Waals surface area (Å²) >= 11 is 0. The number of allylic oxidation sites excluding steroid dienone is 1. The number of unbranched alkanes of at least 4 members (excludes halogenated alkanes) is 4. The van der Waals surface area contributed by atoms with Crippen LogP contribution in [0, 0.1) is 11.6 Å². The maximum Gasteiger partial charge on any atom is 0.239 e. The highest BCUT2D eigenvalue weighted by atomic mass is 19.1. The summed E-state index contributed by atoms with van der Waals surface area (Å²) in [4.78, 5) is 23.4. The second kappa shape index (κ2) is 10.5. The summed E-state index contributed by atoms with van der Waals surface area (Å²) < 4.78 is 26.4. The van der Waals surface area contributed by atoms with Gasteiger partial charge >= 0.3 is 0 Å². The number of hydrogen-bond acceptors (Lipinski definition) is 2. The molecular weight excluding hydrogens is 314 g/mol. The van der Waals surface area contributed by atoms with Gasteiger partial charge in [0.1, 0.15) is 17.7 Å². The van der Waals surface area contributed by atoms with E-state index in [-0.39, 0.29) is 12.0 Å². The second-order valence-corrected chi connectivity index (χ2v) is 5.72. The van der Waals surface area contributed by atoms with Gasteiger partial charge in [0.25, 0.3) is 0 Å². The molecule has 4 nitrogen and oxygen atoms in total. The molecule has 2 amide bonds. The van der Waals surface area contributed by atoms with Crippen LogP contribution in [0.1, 0.15) is 44.1 Å². The predicted octanol–water partition coefficient (Wildman–Crippen LogP) is 3.00. The van der Waals surface area contributed by atoms with Crippen molar-refractivity contribution >= 4 is 11.8 Å². The molecule has 1 atom stereocenters. The van der Waals surface area contributed by atoms with Crippen LogP contribution in [0.2, 0.25) is 0 Å². The SMILES string of the molecule is C=CCCCCCC[C@@H](NC(=O)Cc1ccc(F)cc1F)C(N)=O. The van der Waals surface area contributed by atoms with E-state index in [1.54, 1.807) is 0 Å². The smallest absolute Gasteiger partial charge is 0.239 e. The fourth-order valence-corrected chi connectivity index (χ4v) is 2.36. The average molecular weight is 338 g/mol. The largest absolute Gasteiger partial charge is 0.368 e. The Labute approximate surface area is 141 Å². The van der Waals surface area contributed by atoms with E-state index in [2.05, 4.69) is 11.9 Å². The molecular formula is C18H24F2N2O2. The number of amides is 2. The molecule has 0 saturated heterocycles. The monoisotopic (exact) mass is 338 g/mol. The van der Waals surface area contributed by atoms with Crippen molar-refractivity contribution in [3.63, 3.8) is 0 Å². The van der Waals surface area contributed by atoms with Crippen molar-refractivity contribution in [1.82, 2.24) is 5.32 Å². The van der Waals surface area contributed by atoms with Gasteiger partial charge in [-0.3, -0.25) is 9.59 Å². The minimum Gasteiger partial charge on any atom is -0.368 e. The van der Waals surface area contributed by atoms with Gasteiger partial charge < -0.3 is 11.1 Å². The molecule has 0 aliphatic rings. The maximum absolute atomic E-state index is 13.5. The molecule has 0 bridgehead atoms. The molecule has 0 aliphatic heterocycles. The normalized spacial score (nSPS) is 11.8. The molecule has 0 aromatic heterocycles. The van der Waals surface area contributed by atoms with Crippen molar-refractivity contribution in [3.05, 3.63) is 48.1 Å². The van der Waals surface area contributed by atoms with Crippen LogP contribution in [0.3, 0.4) is 0 Å². The van der Waals surface area contributed by atoms with Gasteiger partial charge in [0, 0.05) is 6.07 Å². The molecule has 0 aliphatic carbocycles. The van der Waals surface area contributed by atoms with Crippen LogP contribution in [0.4, 0.5) is 8.78 Å². The Kier molecular flexibility index (Phi) is 8.68. The van der Waals surface area contributed by atoms with Crippen molar-refractivity contribution < 1.29 is 18.4 Å². The number of halogens is 2. The molecule has 3 N–H and O–H groups in total. The number of carbonyl (C=O) groups excluding carboxylic acids is 2. The molecule has 1 aromatic carbocycles. The van der Waals surface area contributed by atoms with Gasteiger partial charge in [0.05, 0.1) is 6.42 Å². The van der Waals surface area contributed by atoms with E-state index < -0.39 is 29.5 Å². The fourth-order valence-electron chi connectivity index (χ4n) is 2.36. The number of nitrogens with two attached hydrogens (primary N) is 1. The summed E-state index contributed by atoms with van der Waals surface area (Å²) in [6, 6.07) is 2.24. The van der Waals surface area contributed by atoms with Crippen LogP contribution < -0.4 is 11.1 Å². The summed E-state index contributed by atoms with van der Waals surface area (Å²) in [5.74, 6) is -2.63. The second-order valence-electron chi connectivity index (χ2n) is 5.72. The third-order valence-electron chi connectivity index (χ3n) is 3.70. The van der Waals surface area contributed by atoms with Crippen LogP contribution in [0.25, 0.3) is 0 Å². The Balaban J connectivity index is 2.44. The quantitative estimate of drug-likeness (QED) is 0.481. The standard InChI is InChI=1S/C18H24F2N2O2/c1-2-3-4-5-6-7-8-16(18(21)24)22-17(23)11-13-9-10-14(19)12-15(13)20/h2,9-10,12,16H,1,3-8,11H2,(H2,21,24)(H,22,23)/t16-/m1/s1. The molecule has 0 saturated carbocycles. The van der Waals surface area contributed by atoms with Gasteiger partial charge in [0.15, 0.2) is 0 Å². The van der Waals surface area contributed by atoms with Crippen LogP contribution in [0.5, 0.6) is 0 Å². The highest BCUT2D eigenvalue weighted by Gasteiger charge is 2.18. The van der Waals surface area contributed by atoms with Crippen LogP contribution >= 0.6 is 0 Å². The highest BCUT2D eigenvalue weighted by Crippen LogP contribution is 2.11. The molecule has 24 heavy (non-hydrogen) atoms. The van der Waals surface area contributed by atoms with Crippen molar-refractivity contribution in [2.24, 2.45) is 5.73 Å². The molecule has 0 radical (unpaired) electrons. The van der Waals surface area contributed by atoms with E-state index in [0.29, 0.717) is 6.42 Å². The Hall–Kier alpha value is -2.24. The lowest BCUT2D eigenvalue weighted by molar-refractivity contribution is -0.127. The number of nitrogens with one attached hydrogen (secondary N) is 1. The van der Waals surface area contributed by atoms with E-state index in [1.165, 1.54) is 6.07 Å². The first-order chi connectivity index (χ1) is 11.4. The zero-order chi connectivity index (χ0) is 17.9. The Morgan fingerprint density at radius 2 is 1.92 bits per heavy atom. The lowest BCUT2D eigenvalue weighted by Crippen LogP contribution is -2.45. The molecule has 132 valence electrons. The van der Waals surface area contributed by atoms with Gasteiger partial charge in [-0.15, -0.1) is 6.58 Å². The Morgan fingerprint density at radius 1 is 1.21 bits per heavy atom. The van der Waals surface area contributed by atoms with Gasteiger partial charge in [-0.25, -0.2) is 8.78 Å². The van der Waals surface area contributed by atoms with E-state index in [0.717, 1.165) is 44.2 Å². The number of carbonyl (C=O) groups is 2. The molecule has 1 rings (SSSR count). The zero-order valence-corrected chi connectivity index (χ0v) is 13.7. The minimum atomic E-state index is -0.789. The first kappa shape index (κ1) is 19.8. The summed E-state index contributed by atoms with van der Waals surface area (Å²) in [6.07, 6.45) is 6.75. The van der Waals surface area contributed by atoms with Crippen LogP contribution in [-0.4, -0.2) is 17.9 Å². The van der Waals surface area contributed by atoms with E-state index in [9.17, 15) is 18.4 Å². The van der Waals surface area contributed by atoms with Crippen molar-refractivity contribution in [2.45, 2.75) is 51.0 Å². The lowest BCUT2D eigenvalue weighted by Gasteiger charge is -2.15. The highest BCUT2D eigenvalue weighted by molar-refractivity contribution is 5.87. The molecule has 1 aromatic rings. The molecule has 0 unspecified atom stereocenters. The first-order valence-corrected chi connectivity index (χ1v) is 8.07. The molecule has 0 fully saturated rings. The van der Waals surface area contributed by atoms with E-state index in [4.69, 9.17) is 5.73 Å². The topological polar surface area (TPSA) is 72.2 Å². The first-order valence-electron chi connectivity index (χ1n) is 8.07. The lowest BCUT2D eigenvalue weighted by atomic mass is 10.0. The van der Waals surface area contributed by atoms with Gasteiger partial charge in [-0.05, 0) is 30.9 Å². The van der Waals surface area contributed by atoms with Crippen LogP contribution in [0.15, 0.2) is 30.9 Å². The maximum atomic E-state index is 13.5. The van der Waals surface area contributed by atoms with Crippen LogP contribution in [-0.2, 0) is 16.0 Å². The van der Waals surface area contributed by atoms with Gasteiger partial charge in [-0.2, -0.15) is 0 Å². The summed E-state index contributed by atoms with van der Waals surface area (Å²) in [5.41, 5.74) is 5.37. The minimum absolute atomic E-state index is 0.0709. The molecule has 6 heteroatoms. The Bertz CT molecular complexity index is 576. The average Bonchev–Trinajstić information content (AvgIpc) is 2.52. The summed E-state index contributed by atoms with van der Waals surface area (Å²) in [7, 11) is 0. The molecule has 0 spiro atoms. The predicted molar refractivity (Wildman–Crippen MR) is 89.1 cm³/mol. The zero-order valence-electron chi connectivity index (χ0n) is 13.7. The summed E-state index contributed by atoms with van der Waals surface area (Å²) in [5, 5.41) is 2.52. The molecule has 0 heterocycles. The number of hydrogen-bond donors (Lipinski definition) is 2. The fraction of sp³-hybridized carbons (Fsp3) is 0.444. The number of primary amides is 1. The Morgan fingerprint density at radius 3 is 2.54 bits per heavy atom. The number of benzene rings is 1. The number of rotatable bonds is 11. The van der Waals surface area contributed by atoms with Gasteiger partial charge in [0.2, 0.25) is 11.8 Å². The van der Waals surface area contributed by atoms with Crippen molar-refractivity contribution in [2.75, 3.05) is 0 Å². The van der Waals surface area contributed by atoms with E-state index >= 15 is 0 Å². The van der Waals surface area contributed by atoms with Gasteiger partial charge in [-0.1, -0.05) is 31.4 Å². The third-order valence-corrected chi connectivity index (χ3v) is 3.70. The van der Waals surface area contributed by atoms with Crippen molar-refractivity contribution in [3.8, 4) is 0 Å².